The van der Waals surface area contributed by atoms with E-state index in [-0.39, 0.29) is 5.91 Å². The summed E-state index contributed by atoms with van der Waals surface area (Å²) < 4.78 is 0.928. The Kier molecular flexibility index (Phi) is 5.97. The second-order valence-corrected chi connectivity index (χ2v) is 4.55. The van der Waals surface area contributed by atoms with Crippen LogP contribution in [0.5, 0.6) is 0 Å². The molecule has 5 heteroatoms. The minimum Gasteiger partial charge on any atom is -0.383 e. The van der Waals surface area contributed by atoms with E-state index in [0.29, 0.717) is 13.0 Å². The monoisotopic (exact) mass is 299 g/mol. The summed E-state index contributed by atoms with van der Waals surface area (Å²) in [5.74, 6) is 0.186. The molecule has 1 amide bonds. The molecule has 4 nitrogen and oxygen atoms in total. The highest BCUT2D eigenvalue weighted by Gasteiger charge is 2.08. The smallest absolute Gasteiger partial charge is 0.224 e. The van der Waals surface area contributed by atoms with Crippen LogP contribution < -0.4 is 5.32 Å². The first-order valence-corrected chi connectivity index (χ1v) is 6.58. The van der Waals surface area contributed by atoms with Gasteiger partial charge in [0.15, 0.2) is 0 Å². The minimum absolute atomic E-state index is 0.186. The van der Waals surface area contributed by atoms with Crippen LogP contribution in [-0.2, 0) is 4.79 Å². The summed E-state index contributed by atoms with van der Waals surface area (Å²) in [7, 11) is 0. The summed E-state index contributed by atoms with van der Waals surface area (Å²) in [5.41, 5.74) is 0.923. The number of amides is 1. The topological polar surface area (TPSA) is 45.2 Å². The van der Waals surface area contributed by atoms with E-state index in [1.54, 1.807) is 12.4 Å². The number of rotatable bonds is 6. The third-order valence-electron chi connectivity index (χ3n) is 2.49. The molecular weight excluding hydrogens is 282 g/mol. The second kappa shape index (κ2) is 7.27. The summed E-state index contributed by atoms with van der Waals surface area (Å²) in [5, 5.41) is 3.18. The Bertz CT molecular complexity index is 367. The average molecular weight is 300 g/mol. The molecule has 1 aromatic rings. The normalized spacial score (nSPS) is 10.1. The van der Waals surface area contributed by atoms with Crippen LogP contribution in [0, 0.1) is 0 Å². The highest BCUT2D eigenvalue weighted by atomic mass is 79.9. The maximum Gasteiger partial charge on any atom is 0.224 e. The van der Waals surface area contributed by atoms with Crippen LogP contribution in [0.15, 0.2) is 22.9 Å². The molecule has 0 saturated carbocycles. The molecule has 1 rings (SSSR count). The van der Waals surface area contributed by atoms with Gasteiger partial charge in [0.25, 0.3) is 0 Å². The zero-order valence-corrected chi connectivity index (χ0v) is 11.8. The molecule has 0 radical (unpaired) electrons. The van der Waals surface area contributed by atoms with Crippen LogP contribution in [0.2, 0.25) is 0 Å². The first-order chi connectivity index (χ1) is 8.17. The van der Waals surface area contributed by atoms with Crippen molar-refractivity contribution in [3.05, 3.63) is 22.9 Å². The molecule has 17 heavy (non-hydrogen) atoms. The predicted molar refractivity (Wildman–Crippen MR) is 73.0 cm³/mol. The van der Waals surface area contributed by atoms with Gasteiger partial charge < -0.3 is 10.2 Å². The van der Waals surface area contributed by atoms with Crippen LogP contribution in [-0.4, -0.2) is 35.4 Å². The molecular formula is C12H18BrN3O. The number of pyridine rings is 1. The largest absolute Gasteiger partial charge is 0.383 e. The Morgan fingerprint density at radius 3 is 2.71 bits per heavy atom. The molecule has 1 aromatic heterocycles. The number of carbonyl (C=O) groups excluding carboxylic acids is 1. The van der Waals surface area contributed by atoms with Gasteiger partial charge in [0.2, 0.25) is 5.91 Å². The summed E-state index contributed by atoms with van der Waals surface area (Å²) in [4.78, 5) is 17.6. The number of hydrogen-bond acceptors (Lipinski definition) is 3. The van der Waals surface area contributed by atoms with Crippen molar-refractivity contribution in [2.24, 2.45) is 0 Å². The predicted octanol–water partition coefficient (Wildman–Crippen LogP) is 2.51. The summed E-state index contributed by atoms with van der Waals surface area (Å²) in [6.45, 7) is 6.16. The fraction of sp³-hybridized carbons (Fsp3) is 0.500. The third kappa shape index (κ3) is 4.73. The van der Waals surface area contributed by atoms with Gasteiger partial charge in [-0.05, 0) is 35.8 Å². The van der Waals surface area contributed by atoms with Crippen molar-refractivity contribution < 1.29 is 4.79 Å². The van der Waals surface area contributed by atoms with Crippen LogP contribution in [0.4, 0.5) is 5.69 Å². The molecule has 0 aliphatic heterocycles. The lowest BCUT2D eigenvalue weighted by Crippen LogP contribution is -2.31. The summed E-state index contributed by atoms with van der Waals surface area (Å²) in [6.07, 6.45) is 3.98. The molecule has 0 aromatic carbocycles. The summed E-state index contributed by atoms with van der Waals surface area (Å²) in [6, 6.07) is 1.94. The van der Waals surface area contributed by atoms with E-state index in [1.807, 2.05) is 24.8 Å². The van der Waals surface area contributed by atoms with Crippen molar-refractivity contribution in [1.82, 2.24) is 9.88 Å². The van der Waals surface area contributed by atoms with Gasteiger partial charge in [0.05, 0.1) is 11.9 Å². The first kappa shape index (κ1) is 14.0. The van der Waals surface area contributed by atoms with Crippen molar-refractivity contribution in [2.75, 3.05) is 25.0 Å². The molecule has 0 aliphatic rings. The summed E-state index contributed by atoms with van der Waals surface area (Å²) >= 11 is 3.35. The van der Waals surface area contributed by atoms with Gasteiger partial charge in [-0.2, -0.15) is 0 Å². The van der Waals surface area contributed by atoms with E-state index >= 15 is 0 Å². The number of aromatic nitrogens is 1. The Morgan fingerprint density at radius 1 is 1.41 bits per heavy atom. The maximum absolute atomic E-state index is 11.7. The molecule has 1 N–H and O–H groups in total. The first-order valence-electron chi connectivity index (χ1n) is 5.79. The Hall–Kier alpha value is -1.10. The van der Waals surface area contributed by atoms with Crippen molar-refractivity contribution in [1.29, 1.82) is 0 Å². The molecule has 0 aliphatic carbocycles. The lowest BCUT2D eigenvalue weighted by atomic mass is 10.3. The molecule has 0 fully saturated rings. The van der Waals surface area contributed by atoms with Crippen LogP contribution in [0.3, 0.4) is 0 Å². The van der Waals surface area contributed by atoms with E-state index < -0.39 is 0 Å². The van der Waals surface area contributed by atoms with Crippen LogP contribution in [0.1, 0.15) is 20.3 Å². The number of hydrogen-bond donors (Lipinski definition) is 1. The SMILES string of the molecule is CCN(CC)C(=O)CCNc1cncc(Br)c1. The Labute approximate surface area is 111 Å². The number of nitrogens with zero attached hydrogens (tertiary/aromatic N) is 2. The maximum atomic E-state index is 11.7. The van der Waals surface area contributed by atoms with Gasteiger partial charge in [0.1, 0.15) is 0 Å². The molecule has 1 heterocycles. The zero-order valence-electron chi connectivity index (χ0n) is 10.2. The van der Waals surface area contributed by atoms with E-state index in [9.17, 15) is 4.79 Å². The Morgan fingerprint density at radius 2 is 2.12 bits per heavy atom. The highest BCUT2D eigenvalue weighted by molar-refractivity contribution is 9.10. The fourth-order valence-corrected chi connectivity index (χ4v) is 1.92. The lowest BCUT2D eigenvalue weighted by Gasteiger charge is -2.18. The fourth-order valence-electron chi connectivity index (χ4n) is 1.56. The van der Waals surface area contributed by atoms with Gasteiger partial charge in [-0.15, -0.1) is 0 Å². The molecule has 0 atom stereocenters. The van der Waals surface area contributed by atoms with Crippen LogP contribution >= 0.6 is 15.9 Å². The quantitative estimate of drug-likeness (QED) is 0.878. The van der Waals surface area contributed by atoms with E-state index in [0.717, 1.165) is 23.2 Å². The molecule has 94 valence electrons. The van der Waals surface area contributed by atoms with Crippen molar-refractivity contribution in [3.8, 4) is 0 Å². The van der Waals surface area contributed by atoms with Gasteiger partial charge in [-0.1, -0.05) is 0 Å². The van der Waals surface area contributed by atoms with Gasteiger partial charge in [-0.25, -0.2) is 0 Å². The highest BCUT2D eigenvalue weighted by Crippen LogP contribution is 2.13. The lowest BCUT2D eigenvalue weighted by molar-refractivity contribution is -0.130. The average Bonchev–Trinajstić information content (AvgIpc) is 2.30. The molecule has 0 bridgehead atoms. The van der Waals surface area contributed by atoms with Gasteiger partial charge in [-0.3, -0.25) is 9.78 Å². The van der Waals surface area contributed by atoms with Crippen molar-refractivity contribution in [2.45, 2.75) is 20.3 Å². The van der Waals surface area contributed by atoms with E-state index in [2.05, 4.69) is 26.2 Å². The third-order valence-corrected chi connectivity index (χ3v) is 2.92. The van der Waals surface area contributed by atoms with Gasteiger partial charge >= 0.3 is 0 Å². The second-order valence-electron chi connectivity index (χ2n) is 3.63. The minimum atomic E-state index is 0.186. The zero-order chi connectivity index (χ0) is 12.7. The Balaban J connectivity index is 2.35. The number of anilines is 1. The van der Waals surface area contributed by atoms with E-state index in [1.165, 1.54) is 0 Å². The van der Waals surface area contributed by atoms with Crippen molar-refractivity contribution >= 4 is 27.5 Å². The van der Waals surface area contributed by atoms with Crippen LogP contribution in [0.25, 0.3) is 0 Å². The number of nitrogens with one attached hydrogen (secondary N) is 1. The molecule has 0 spiro atoms. The number of halogens is 1. The van der Waals surface area contributed by atoms with Gasteiger partial charge in [0, 0.05) is 36.7 Å². The van der Waals surface area contributed by atoms with Crippen molar-refractivity contribution in [3.63, 3.8) is 0 Å². The number of carbonyl (C=O) groups is 1. The molecule has 0 saturated heterocycles. The molecule has 0 unspecified atom stereocenters. The standard InChI is InChI=1S/C12H18BrN3O/c1-3-16(4-2)12(17)5-6-15-11-7-10(13)8-14-9-11/h7-9,15H,3-6H2,1-2H3. The van der Waals surface area contributed by atoms with E-state index in [4.69, 9.17) is 0 Å².